The van der Waals surface area contributed by atoms with Gasteiger partial charge in [-0.2, -0.15) is 0 Å². The Morgan fingerprint density at radius 1 is 0.833 bits per heavy atom. The van der Waals surface area contributed by atoms with Crippen LogP contribution in [-0.4, -0.2) is 0 Å². The van der Waals surface area contributed by atoms with E-state index in [2.05, 4.69) is 44.2 Å². The molecule has 0 saturated heterocycles. The van der Waals surface area contributed by atoms with Gasteiger partial charge in [-0.15, -0.1) is 0 Å². The summed E-state index contributed by atoms with van der Waals surface area (Å²) in [6.45, 7) is 4.64. The van der Waals surface area contributed by atoms with E-state index in [4.69, 9.17) is 0 Å². The molecule has 0 bridgehead atoms. The fourth-order valence-corrected chi connectivity index (χ4v) is 2.60. The average molecular weight is 246 g/mol. The topological polar surface area (TPSA) is 0 Å². The highest BCUT2D eigenvalue weighted by atomic mass is 14.1. The molecule has 1 aromatic rings. The highest BCUT2D eigenvalue weighted by Gasteiger charge is 2.06. The van der Waals surface area contributed by atoms with Crippen LogP contribution < -0.4 is 0 Å². The number of rotatable bonds is 10. The zero-order valence-electron chi connectivity index (χ0n) is 12.3. The molecule has 0 fully saturated rings. The van der Waals surface area contributed by atoms with Gasteiger partial charge in [-0.05, 0) is 24.3 Å². The molecule has 0 aliphatic heterocycles. The van der Waals surface area contributed by atoms with Crippen molar-refractivity contribution in [3.05, 3.63) is 35.9 Å². The Morgan fingerprint density at radius 3 is 2.22 bits per heavy atom. The number of aryl methyl sites for hydroxylation is 1. The maximum atomic E-state index is 2.35. The molecule has 0 saturated carbocycles. The van der Waals surface area contributed by atoms with Crippen LogP contribution in [0.5, 0.6) is 0 Å². The minimum absolute atomic E-state index is 0.937. The number of hydrogen-bond acceptors (Lipinski definition) is 0. The number of hydrogen-bond donors (Lipinski definition) is 0. The van der Waals surface area contributed by atoms with Crippen molar-refractivity contribution in [1.82, 2.24) is 0 Å². The highest BCUT2D eigenvalue weighted by Crippen LogP contribution is 2.20. The minimum atomic E-state index is 0.937. The van der Waals surface area contributed by atoms with E-state index in [0.29, 0.717) is 0 Å². The Bertz CT molecular complexity index is 275. The van der Waals surface area contributed by atoms with Gasteiger partial charge in [0.1, 0.15) is 0 Å². The van der Waals surface area contributed by atoms with Crippen LogP contribution in [0.2, 0.25) is 0 Å². The Kier molecular flexibility index (Phi) is 8.63. The van der Waals surface area contributed by atoms with Crippen LogP contribution in [0.15, 0.2) is 30.3 Å². The summed E-state index contributed by atoms with van der Waals surface area (Å²) in [5, 5.41) is 0. The summed E-state index contributed by atoms with van der Waals surface area (Å²) >= 11 is 0. The summed E-state index contributed by atoms with van der Waals surface area (Å²) in [5.41, 5.74) is 1.50. The maximum absolute atomic E-state index is 2.35. The van der Waals surface area contributed by atoms with Crippen LogP contribution >= 0.6 is 0 Å². The molecule has 102 valence electrons. The van der Waals surface area contributed by atoms with Gasteiger partial charge in [0.2, 0.25) is 0 Å². The van der Waals surface area contributed by atoms with Crippen LogP contribution in [0.4, 0.5) is 0 Å². The van der Waals surface area contributed by atoms with E-state index in [1.807, 2.05) is 0 Å². The Balaban J connectivity index is 2.13. The summed E-state index contributed by atoms with van der Waals surface area (Å²) in [6, 6.07) is 10.9. The second kappa shape index (κ2) is 10.2. The van der Waals surface area contributed by atoms with E-state index in [-0.39, 0.29) is 0 Å². The molecule has 0 N–H and O–H groups in total. The van der Waals surface area contributed by atoms with Gasteiger partial charge in [0.15, 0.2) is 0 Å². The molecule has 0 radical (unpaired) electrons. The molecule has 0 heteroatoms. The second-order valence-electron chi connectivity index (χ2n) is 5.50. The van der Waals surface area contributed by atoms with E-state index in [0.717, 1.165) is 5.92 Å². The Labute approximate surface area is 114 Å². The molecule has 1 aromatic carbocycles. The summed E-state index contributed by atoms with van der Waals surface area (Å²) in [6.07, 6.45) is 12.5. The Morgan fingerprint density at radius 2 is 1.56 bits per heavy atom. The first-order valence-electron chi connectivity index (χ1n) is 7.90. The van der Waals surface area contributed by atoms with Crippen molar-refractivity contribution in [2.45, 2.75) is 71.6 Å². The molecule has 18 heavy (non-hydrogen) atoms. The third-order valence-electron chi connectivity index (χ3n) is 3.98. The van der Waals surface area contributed by atoms with Gasteiger partial charge in [-0.3, -0.25) is 0 Å². The molecule has 0 spiro atoms. The smallest absolute Gasteiger partial charge is 0.0276 e. The molecule has 0 amide bonds. The zero-order chi connectivity index (χ0) is 13.1. The van der Waals surface area contributed by atoms with Gasteiger partial charge in [0.05, 0.1) is 0 Å². The highest BCUT2D eigenvalue weighted by molar-refractivity contribution is 5.14. The van der Waals surface area contributed by atoms with E-state index < -0.39 is 0 Å². The SMILES string of the molecule is CCCCCCCC(CC)CCc1ccccc1. The standard InChI is InChI=1S/C18H30/c1-3-5-6-7-9-12-17(4-2)15-16-18-13-10-8-11-14-18/h8,10-11,13-14,17H,3-7,9,12,15-16H2,1-2H3. The first-order valence-corrected chi connectivity index (χ1v) is 7.90. The van der Waals surface area contributed by atoms with Crippen molar-refractivity contribution in [1.29, 1.82) is 0 Å². The molecule has 0 aliphatic rings. The normalized spacial score (nSPS) is 12.6. The second-order valence-corrected chi connectivity index (χ2v) is 5.50. The van der Waals surface area contributed by atoms with Gasteiger partial charge in [-0.1, -0.05) is 89.1 Å². The number of benzene rings is 1. The number of unbranched alkanes of at least 4 members (excludes halogenated alkanes) is 4. The van der Waals surface area contributed by atoms with Gasteiger partial charge in [-0.25, -0.2) is 0 Å². The molecule has 1 atom stereocenters. The first-order chi connectivity index (χ1) is 8.86. The van der Waals surface area contributed by atoms with Crippen LogP contribution in [0, 0.1) is 5.92 Å². The van der Waals surface area contributed by atoms with Gasteiger partial charge >= 0.3 is 0 Å². The lowest BCUT2D eigenvalue weighted by Gasteiger charge is -2.14. The molecular weight excluding hydrogens is 216 g/mol. The summed E-state index contributed by atoms with van der Waals surface area (Å²) < 4.78 is 0. The first kappa shape index (κ1) is 15.3. The van der Waals surface area contributed by atoms with Gasteiger partial charge in [0, 0.05) is 0 Å². The predicted octanol–water partition coefficient (Wildman–Crippen LogP) is 6.01. The maximum Gasteiger partial charge on any atom is -0.0276 e. The largest absolute Gasteiger partial charge is 0.0654 e. The summed E-state index contributed by atoms with van der Waals surface area (Å²) in [5.74, 6) is 0.937. The monoisotopic (exact) mass is 246 g/mol. The van der Waals surface area contributed by atoms with Crippen LogP contribution in [0.3, 0.4) is 0 Å². The minimum Gasteiger partial charge on any atom is -0.0654 e. The molecule has 0 aromatic heterocycles. The van der Waals surface area contributed by atoms with Crippen LogP contribution in [0.25, 0.3) is 0 Å². The van der Waals surface area contributed by atoms with Gasteiger partial charge in [0.25, 0.3) is 0 Å². The fourth-order valence-electron chi connectivity index (χ4n) is 2.60. The lowest BCUT2D eigenvalue weighted by molar-refractivity contribution is 0.413. The molecule has 0 nitrogen and oxygen atoms in total. The summed E-state index contributed by atoms with van der Waals surface area (Å²) in [4.78, 5) is 0. The third kappa shape index (κ3) is 6.83. The van der Waals surface area contributed by atoms with Crippen molar-refractivity contribution in [3.63, 3.8) is 0 Å². The fraction of sp³-hybridized carbons (Fsp3) is 0.667. The van der Waals surface area contributed by atoms with Gasteiger partial charge < -0.3 is 0 Å². The van der Waals surface area contributed by atoms with Crippen LogP contribution in [0.1, 0.15) is 70.8 Å². The van der Waals surface area contributed by atoms with Crippen molar-refractivity contribution >= 4 is 0 Å². The third-order valence-corrected chi connectivity index (χ3v) is 3.98. The quantitative estimate of drug-likeness (QED) is 0.444. The van der Waals surface area contributed by atoms with Crippen molar-refractivity contribution in [2.24, 2.45) is 5.92 Å². The van der Waals surface area contributed by atoms with Crippen molar-refractivity contribution in [2.75, 3.05) is 0 Å². The molecule has 1 unspecified atom stereocenters. The van der Waals surface area contributed by atoms with E-state index >= 15 is 0 Å². The molecule has 0 heterocycles. The van der Waals surface area contributed by atoms with E-state index in [1.165, 1.54) is 63.4 Å². The van der Waals surface area contributed by atoms with E-state index in [1.54, 1.807) is 0 Å². The molecule has 1 rings (SSSR count). The van der Waals surface area contributed by atoms with Crippen molar-refractivity contribution in [3.8, 4) is 0 Å². The summed E-state index contributed by atoms with van der Waals surface area (Å²) in [7, 11) is 0. The predicted molar refractivity (Wildman–Crippen MR) is 81.9 cm³/mol. The van der Waals surface area contributed by atoms with E-state index in [9.17, 15) is 0 Å². The molecule has 0 aliphatic carbocycles. The van der Waals surface area contributed by atoms with Crippen LogP contribution in [-0.2, 0) is 6.42 Å². The van der Waals surface area contributed by atoms with Crippen molar-refractivity contribution < 1.29 is 0 Å². The lowest BCUT2D eigenvalue weighted by atomic mass is 9.92. The Hall–Kier alpha value is -0.780. The average Bonchev–Trinajstić information content (AvgIpc) is 2.43. The zero-order valence-corrected chi connectivity index (χ0v) is 12.3. The molecular formula is C18H30. The lowest BCUT2D eigenvalue weighted by Crippen LogP contribution is -2.01.